The highest BCUT2D eigenvalue weighted by molar-refractivity contribution is 5.96. The van der Waals surface area contributed by atoms with Crippen molar-refractivity contribution in [2.75, 3.05) is 5.32 Å². The Bertz CT molecular complexity index is 643. The molecule has 3 N–H and O–H groups in total. The number of carbonyl (C=O) groups excluding carboxylic acids is 1. The number of carboxylic acid groups (broad SMARTS) is 1. The zero-order chi connectivity index (χ0) is 17.2. The van der Waals surface area contributed by atoms with Crippen LogP contribution >= 0.6 is 0 Å². The van der Waals surface area contributed by atoms with Crippen molar-refractivity contribution in [3.63, 3.8) is 0 Å². The van der Waals surface area contributed by atoms with Crippen LogP contribution in [-0.4, -0.2) is 22.1 Å². The average Bonchev–Trinajstić information content (AvgIpc) is 2.48. The third-order valence-corrected chi connectivity index (χ3v) is 4.21. The molecule has 5 heteroatoms. The molecule has 0 bridgehead atoms. The van der Waals surface area contributed by atoms with Gasteiger partial charge in [-0.25, -0.2) is 0 Å². The summed E-state index contributed by atoms with van der Waals surface area (Å²) in [6.45, 7) is 6.12. The molecule has 0 saturated carbocycles. The van der Waals surface area contributed by atoms with E-state index >= 15 is 0 Å². The van der Waals surface area contributed by atoms with Crippen LogP contribution in [0.25, 0.3) is 0 Å². The van der Waals surface area contributed by atoms with Crippen LogP contribution in [0.5, 0.6) is 5.75 Å². The normalized spacial score (nSPS) is 21.0. The van der Waals surface area contributed by atoms with Gasteiger partial charge in [0.2, 0.25) is 5.91 Å². The number of aliphatic carboxylic acids is 1. The first-order chi connectivity index (χ1) is 10.7. The largest absolute Gasteiger partial charge is 0.506 e. The zero-order valence-corrected chi connectivity index (χ0v) is 13.7. The van der Waals surface area contributed by atoms with Gasteiger partial charge >= 0.3 is 5.97 Å². The summed E-state index contributed by atoms with van der Waals surface area (Å²) in [6, 6.07) is 5.10. The van der Waals surface area contributed by atoms with E-state index in [-0.39, 0.29) is 17.1 Å². The number of hydrogen-bond donors (Lipinski definition) is 3. The number of phenols is 1. The van der Waals surface area contributed by atoms with E-state index in [4.69, 9.17) is 0 Å². The smallest absolute Gasteiger partial charge is 0.307 e. The Labute approximate surface area is 136 Å². The van der Waals surface area contributed by atoms with Crippen molar-refractivity contribution < 1.29 is 19.8 Å². The number of benzene rings is 1. The molecule has 1 amide bonds. The molecule has 1 aliphatic rings. The fourth-order valence-electron chi connectivity index (χ4n) is 2.70. The monoisotopic (exact) mass is 317 g/mol. The Morgan fingerprint density at radius 3 is 2.30 bits per heavy atom. The van der Waals surface area contributed by atoms with Crippen molar-refractivity contribution in [3.05, 3.63) is 35.9 Å². The molecule has 1 aliphatic carbocycles. The lowest BCUT2D eigenvalue weighted by molar-refractivity contribution is -0.146. The summed E-state index contributed by atoms with van der Waals surface area (Å²) in [5, 5.41) is 21.9. The number of carbonyl (C=O) groups is 2. The molecule has 0 aromatic heterocycles. The van der Waals surface area contributed by atoms with Gasteiger partial charge in [0.15, 0.2) is 0 Å². The number of phenolic OH excluding ortho intramolecular Hbond substituents is 1. The second-order valence-electron chi connectivity index (χ2n) is 6.97. The number of carboxylic acids is 1. The molecule has 0 spiro atoms. The fraction of sp³-hybridized carbons (Fsp3) is 0.444. The standard InChI is InChI=1S/C18H23NO4/c1-18(2,3)11-8-9-15(20)14(10-11)19-16(21)12-6-4-5-7-13(12)17(22)23/h4-5,8-10,12-13,20H,6-7H2,1-3H3,(H,19,21)(H,22,23)/t12-,13-/m1/s1. The Morgan fingerprint density at radius 2 is 1.74 bits per heavy atom. The van der Waals surface area contributed by atoms with Crippen LogP contribution < -0.4 is 5.32 Å². The van der Waals surface area contributed by atoms with Gasteiger partial charge in [-0.05, 0) is 36.0 Å². The molecule has 0 radical (unpaired) electrons. The van der Waals surface area contributed by atoms with Crippen LogP contribution in [-0.2, 0) is 15.0 Å². The third-order valence-electron chi connectivity index (χ3n) is 4.21. The van der Waals surface area contributed by atoms with Crippen molar-refractivity contribution in [1.82, 2.24) is 0 Å². The van der Waals surface area contributed by atoms with Crippen molar-refractivity contribution in [1.29, 1.82) is 0 Å². The van der Waals surface area contributed by atoms with Gasteiger partial charge in [-0.1, -0.05) is 39.0 Å². The van der Waals surface area contributed by atoms with E-state index in [1.165, 1.54) is 0 Å². The molecule has 1 aromatic carbocycles. The van der Waals surface area contributed by atoms with Crippen molar-refractivity contribution in [3.8, 4) is 5.75 Å². The van der Waals surface area contributed by atoms with Gasteiger partial charge in [0.05, 0.1) is 17.5 Å². The van der Waals surface area contributed by atoms with E-state index in [9.17, 15) is 19.8 Å². The first-order valence-electron chi connectivity index (χ1n) is 7.72. The highest BCUT2D eigenvalue weighted by atomic mass is 16.4. The second kappa shape index (κ2) is 6.44. The number of hydrogen-bond acceptors (Lipinski definition) is 3. The Hall–Kier alpha value is -2.30. The summed E-state index contributed by atoms with van der Waals surface area (Å²) in [5.41, 5.74) is 1.18. The minimum Gasteiger partial charge on any atom is -0.506 e. The summed E-state index contributed by atoms with van der Waals surface area (Å²) in [5.74, 6) is -2.72. The molecule has 0 fully saturated rings. The van der Waals surface area contributed by atoms with Gasteiger partial charge in [0, 0.05) is 0 Å². The molecule has 2 atom stereocenters. The predicted molar refractivity (Wildman–Crippen MR) is 88.4 cm³/mol. The molecular weight excluding hydrogens is 294 g/mol. The number of allylic oxidation sites excluding steroid dienone is 2. The number of rotatable bonds is 3. The Kier molecular flexibility index (Phi) is 4.78. The third kappa shape index (κ3) is 3.92. The molecule has 124 valence electrons. The lowest BCUT2D eigenvalue weighted by atomic mass is 9.82. The quantitative estimate of drug-likeness (QED) is 0.590. The number of anilines is 1. The summed E-state index contributed by atoms with van der Waals surface area (Å²) in [7, 11) is 0. The SMILES string of the molecule is CC(C)(C)c1ccc(O)c(NC(=O)[C@@H]2CC=CC[C@H]2C(=O)O)c1. The average molecular weight is 317 g/mol. The van der Waals surface area contributed by atoms with E-state index in [0.29, 0.717) is 18.5 Å². The van der Waals surface area contributed by atoms with Gasteiger partial charge in [0.1, 0.15) is 5.75 Å². The summed E-state index contributed by atoms with van der Waals surface area (Å²) in [4.78, 5) is 23.8. The highest BCUT2D eigenvalue weighted by Gasteiger charge is 2.34. The van der Waals surface area contributed by atoms with E-state index in [1.807, 2.05) is 32.9 Å². The Balaban J connectivity index is 2.23. The van der Waals surface area contributed by atoms with E-state index in [1.54, 1.807) is 18.2 Å². The molecule has 0 unspecified atom stereocenters. The van der Waals surface area contributed by atoms with Crippen molar-refractivity contribution in [2.45, 2.75) is 39.0 Å². The molecule has 1 aromatic rings. The molecule has 2 rings (SSSR count). The van der Waals surface area contributed by atoms with Crippen LogP contribution in [0.2, 0.25) is 0 Å². The molecule has 0 heterocycles. The maximum absolute atomic E-state index is 12.5. The van der Waals surface area contributed by atoms with Gasteiger partial charge in [0.25, 0.3) is 0 Å². The number of nitrogens with one attached hydrogen (secondary N) is 1. The van der Waals surface area contributed by atoms with Gasteiger partial charge in [-0.3, -0.25) is 9.59 Å². The molecule has 0 saturated heterocycles. The maximum Gasteiger partial charge on any atom is 0.307 e. The van der Waals surface area contributed by atoms with Crippen LogP contribution in [0.3, 0.4) is 0 Å². The second-order valence-corrected chi connectivity index (χ2v) is 6.97. The van der Waals surface area contributed by atoms with Crippen LogP contribution in [0.15, 0.2) is 30.4 Å². The molecule has 0 aliphatic heterocycles. The van der Waals surface area contributed by atoms with Crippen LogP contribution in [0.4, 0.5) is 5.69 Å². The summed E-state index contributed by atoms with van der Waals surface area (Å²) in [6.07, 6.45) is 4.36. The highest BCUT2D eigenvalue weighted by Crippen LogP contribution is 2.32. The van der Waals surface area contributed by atoms with E-state index < -0.39 is 17.8 Å². The lowest BCUT2D eigenvalue weighted by Crippen LogP contribution is -2.34. The maximum atomic E-state index is 12.5. The minimum atomic E-state index is -0.970. The molecular formula is C18H23NO4. The first-order valence-corrected chi connectivity index (χ1v) is 7.72. The first kappa shape index (κ1) is 17.1. The predicted octanol–water partition coefficient (Wildman–Crippen LogP) is 3.30. The lowest BCUT2D eigenvalue weighted by Gasteiger charge is -2.25. The van der Waals surface area contributed by atoms with Crippen molar-refractivity contribution >= 4 is 17.6 Å². The molecule has 23 heavy (non-hydrogen) atoms. The minimum absolute atomic E-state index is 0.0235. The summed E-state index contributed by atoms with van der Waals surface area (Å²) < 4.78 is 0. The van der Waals surface area contributed by atoms with Crippen LogP contribution in [0, 0.1) is 11.8 Å². The van der Waals surface area contributed by atoms with Crippen molar-refractivity contribution in [2.24, 2.45) is 11.8 Å². The van der Waals surface area contributed by atoms with Gasteiger partial charge < -0.3 is 15.5 Å². The van der Waals surface area contributed by atoms with E-state index in [2.05, 4.69) is 5.32 Å². The van der Waals surface area contributed by atoms with Gasteiger partial charge in [-0.15, -0.1) is 0 Å². The molecule has 5 nitrogen and oxygen atoms in total. The zero-order valence-electron chi connectivity index (χ0n) is 13.7. The summed E-state index contributed by atoms with van der Waals surface area (Å²) >= 11 is 0. The van der Waals surface area contributed by atoms with Gasteiger partial charge in [-0.2, -0.15) is 0 Å². The van der Waals surface area contributed by atoms with Crippen LogP contribution in [0.1, 0.15) is 39.2 Å². The fourth-order valence-corrected chi connectivity index (χ4v) is 2.70. The number of amides is 1. The van der Waals surface area contributed by atoms with E-state index in [0.717, 1.165) is 5.56 Å². The number of aromatic hydroxyl groups is 1. The topological polar surface area (TPSA) is 86.6 Å². The Morgan fingerprint density at radius 1 is 1.13 bits per heavy atom.